The van der Waals surface area contributed by atoms with E-state index >= 15 is 0 Å². The first-order valence-corrected chi connectivity index (χ1v) is 7.72. The van der Waals surface area contributed by atoms with E-state index in [9.17, 15) is 4.79 Å². The molecule has 1 saturated carbocycles. The molecular formula is C15H21Cl3N2O2. The fourth-order valence-electron chi connectivity index (χ4n) is 2.71. The molecule has 1 aromatic carbocycles. The van der Waals surface area contributed by atoms with E-state index in [1.165, 1.54) is 7.11 Å². The van der Waals surface area contributed by atoms with Crippen LogP contribution in [0.2, 0.25) is 10.0 Å². The summed E-state index contributed by atoms with van der Waals surface area (Å²) in [6, 6.07) is 4.89. The molecule has 124 valence electrons. The van der Waals surface area contributed by atoms with Crippen molar-refractivity contribution >= 4 is 41.5 Å². The number of amides is 1. The highest BCUT2D eigenvalue weighted by Gasteiger charge is 2.40. The average Bonchev–Trinajstić information content (AvgIpc) is 2.39. The topological polar surface area (TPSA) is 64.3 Å². The van der Waals surface area contributed by atoms with Crippen LogP contribution in [0.3, 0.4) is 0 Å². The molecule has 22 heavy (non-hydrogen) atoms. The van der Waals surface area contributed by atoms with Crippen LogP contribution >= 0.6 is 35.6 Å². The highest BCUT2D eigenvalue weighted by atomic mass is 35.5. The van der Waals surface area contributed by atoms with Gasteiger partial charge in [0.25, 0.3) is 0 Å². The predicted molar refractivity (Wildman–Crippen MR) is 92.1 cm³/mol. The Morgan fingerprint density at radius 1 is 1.45 bits per heavy atom. The lowest BCUT2D eigenvalue weighted by Crippen LogP contribution is -2.50. The smallest absolute Gasteiger partial charge is 0.239 e. The van der Waals surface area contributed by atoms with Crippen molar-refractivity contribution in [1.29, 1.82) is 0 Å². The van der Waals surface area contributed by atoms with Crippen LogP contribution in [0.4, 0.5) is 0 Å². The molecule has 0 radical (unpaired) electrons. The van der Waals surface area contributed by atoms with Crippen LogP contribution in [-0.2, 0) is 14.9 Å². The lowest BCUT2D eigenvalue weighted by atomic mass is 9.64. The molecule has 1 fully saturated rings. The summed E-state index contributed by atoms with van der Waals surface area (Å²) in [6.45, 7) is 0.741. The second-order valence-electron chi connectivity index (χ2n) is 5.54. The van der Waals surface area contributed by atoms with Crippen molar-refractivity contribution in [2.75, 3.05) is 20.3 Å². The minimum Gasteiger partial charge on any atom is -0.383 e. The van der Waals surface area contributed by atoms with Gasteiger partial charge in [-0.2, -0.15) is 0 Å². The number of carbonyl (C=O) groups is 1. The van der Waals surface area contributed by atoms with Crippen LogP contribution < -0.4 is 11.1 Å². The van der Waals surface area contributed by atoms with Gasteiger partial charge in [0.05, 0.1) is 6.61 Å². The van der Waals surface area contributed by atoms with Crippen LogP contribution in [0.5, 0.6) is 0 Å². The van der Waals surface area contributed by atoms with Gasteiger partial charge in [0.15, 0.2) is 0 Å². The molecule has 1 amide bonds. The van der Waals surface area contributed by atoms with Crippen LogP contribution in [-0.4, -0.2) is 32.2 Å². The summed E-state index contributed by atoms with van der Waals surface area (Å²) in [7, 11) is 1.52. The molecule has 4 nitrogen and oxygen atoms in total. The molecular weight excluding hydrogens is 347 g/mol. The Morgan fingerprint density at radius 2 is 2.14 bits per heavy atom. The Morgan fingerprint density at radius 3 is 2.64 bits per heavy atom. The maximum atomic E-state index is 11.9. The Balaban J connectivity index is 0.00000242. The summed E-state index contributed by atoms with van der Waals surface area (Å²) in [5, 5.41) is 4.18. The van der Waals surface area contributed by atoms with Crippen molar-refractivity contribution in [3.8, 4) is 0 Å². The summed E-state index contributed by atoms with van der Waals surface area (Å²) in [6.07, 6.45) is 3.11. The summed E-state index contributed by atoms with van der Waals surface area (Å²) >= 11 is 12.3. The number of rotatable bonds is 6. The van der Waals surface area contributed by atoms with Gasteiger partial charge in [-0.25, -0.2) is 0 Å². The average molecular weight is 368 g/mol. The van der Waals surface area contributed by atoms with E-state index in [0.717, 1.165) is 24.8 Å². The molecule has 0 spiro atoms. The fraction of sp³-hybridized carbons (Fsp3) is 0.533. The van der Waals surface area contributed by atoms with Gasteiger partial charge in [-0.1, -0.05) is 35.7 Å². The van der Waals surface area contributed by atoms with Crippen molar-refractivity contribution in [2.24, 2.45) is 5.73 Å². The lowest BCUT2D eigenvalue weighted by molar-refractivity contribution is -0.123. The van der Waals surface area contributed by atoms with E-state index in [-0.39, 0.29) is 30.3 Å². The highest BCUT2D eigenvalue weighted by Crippen LogP contribution is 2.46. The summed E-state index contributed by atoms with van der Waals surface area (Å²) in [5.74, 6) is -0.201. The minimum atomic E-state index is -0.646. The number of halogens is 3. The number of nitrogens with one attached hydrogen (secondary N) is 1. The standard InChI is InChI=1S/C15H20Cl2N2O2.ClH/c1-21-8-13(18)14(20)19-9-15(5-2-6-15)11-4-3-10(16)7-12(11)17;/h3-4,7,13H,2,5-6,8-9,18H2,1H3,(H,19,20);1H. The van der Waals surface area contributed by atoms with Gasteiger partial charge in [0, 0.05) is 29.1 Å². The summed E-state index contributed by atoms with van der Waals surface area (Å²) in [4.78, 5) is 11.9. The molecule has 1 atom stereocenters. The van der Waals surface area contributed by atoms with Gasteiger partial charge in [0.2, 0.25) is 5.91 Å². The molecule has 1 aromatic rings. The van der Waals surface area contributed by atoms with Crippen LogP contribution in [0.15, 0.2) is 18.2 Å². The minimum absolute atomic E-state index is 0. The molecule has 0 saturated heterocycles. The number of hydrogen-bond donors (Lipinski definition) is 2. The van der Waals surface area contributed by atoms with Gasteiger partial charge in [-0.05, 0) is 30.5 Å². The fourth-order valence-corrected chi connectivity index (χ4v) is 3.32. The van der Waals surface area contributed by atoms with E-state index in [1.807, 2.05) is 12.1 Å². The molecule has 7 heteroatoms. The van der Waals surface area contributed by atoms with Crippen molar-refractivity contribution < 1.29 is 9.53 Å². The predicted octanol–water partition coefficient (Wildman–Crippen LogP) is 2.93. The van der Waals surface area contributed by atoms with Crippen molar-refractivity contribution in [3.05, 3.63) is 33.8 Å². The van der Waals surface area contributed by atoms with Gasteiger partial charge in [-0.15, -0.1) is 12.4 Å². The van der Waals surface area contributed by atoms with Crippen LogP contribution in [0, 0.1) is 0 Å². The molecule has 1 aliphatic carbocycles. The SMILES string of the molecule is COCC(N)C(=O)NCC1(c2ccc(Cl)cc2Cl)CCC1.Cl. The van der Waals surface area contributed by atoms with E-state index in [2.05, 4.69) is 5.32 Å². The van der Waals surface area contributed by atoms with Gasteiger partial charge < -0.3 is 15.8 Å². The Bertz CT molecular complexity index is 522. The first-order valence-electron chi connectivity index (χ1n) is 6.96. The van der Waals surface area contributed by atoms with E-state index in [4.69, 9.17) is 33.7 Å². The number of hydrogen-bond acceptors (Lipinski definition) is 3. The Hall–Kier alpha value is -0.520. The zero-order valence-electron chi connectivity index (χ0n) is 12.4. The van der Waals surface area contributed by atoms with Gasteiger partial charge in [-0.3, -0.25) is 4.79 Å². The zero-order valence-corrected chi connectivity index (χ0v) is 14.7. The monoisotopic (exact) mass is 366 g/mol. The quantitative estimate of drug-likeness (QED) is 0.812. The lowest BCUT2D eigenvalue weighted by Gasteiger charge is -2.43. The van der Waals surface area contributed by atoms with Crippen molar-refractivity contribution in [1.82, 2.24) is 5.32 Å². The van der Waals surface area contributed by atoms with Crippen LogP contribution in [0.1, 0.15) is 24.8 Å². The third-order valence-corrected chi connectivity index (χ3v) is 4.64. The molecule has 0 bridgehead atoms. The summed E-state index contributed by atoms with van der Waals surface area (Å²) in [5.41, 5.74) is 6.66. The first-order chi connectivity index (χ1) is 9.98. The summed E-state index contributed by atoms with van der Waals surface area (Å²) < 4.78 is 4.89. The van der Waals surface area contributed by atoms with E-state index in [0.29, 0.717) is 16.6 Å². The molecule has 0 aromatic heterocycles. The van der Waals surface area contributed by atoms with Gasteiger partial charge in [0.1, 0.15) is 6.04 Å². The number of benzene rings is 1. The normalized spacial score (nSPS) is 17.1. The Kier molecular flexibility index (Phi) is 7.42. The number of methoxy groups -OCH3 is 1. The maximum absolute atomic E-state index is 11.9. The number of carbonyl (C=O) groups excluding carboxylic acids is 1. The van der Waals surface area contributed by atoms with E-state index < -0.39 is 6.04 Å². The second kappa shape index (κ2) is 8.37. The zero-order chi connectivity index (χ0) is 15.5. The van der Waals surface area contributed by atoms with Crippen molar-refractivity contribution in [2.45, 2.75) is 30.7 Å². The van der Waals surface area contributed by atoms with Crippen molar-refractivity contribution in [3.63, 3.8) is 0 Å². The van der Waals surface area contributed by atoms with Crippen LogP contribution in [0.25, 0.3) is 0 Å². The largest absolute Gasteiger partial charge is 0.383 e. The molecule has 0 heterocycles. The third-order valence-electron chi connectivity index (χ3n) is 4.10. The third kappa shape index (κ3) is 4.27. The molecule has 3 N–H and O–H groups in total. The van der Waals surface area contributed by atoms with E-state index in [1.54, 1.807) is 6.07 Å². The maximum Gasteiger partial charge on any atom is 0.239 e. The Labute approximate surface area is 147 Å². The first kappa shape index (κ1) is 19.5. The molecule has 0 aliphatic heterocycles. The molecule has 1 aliphatic rings. The molecule has 2 rings (SSSR count). The van der Waals surface area contributed by atoms with Gasteiger partial charge >= 0.3 is 0 Å². The number of ether oxygens (including phenoxy) is 1. The highest BCUT2D eigenvalue weighted by molar-refractivity contribution is 6.35. The number of nitrogens with two attached hydrogens (primary N) is 1. The molecule has 1 unspecified atom stereocenters. The second-order valence-corrected chi connectivity index (χ2v) is 6.38.